The first kappa shape index (κ1) is 12.9. The minimum Gasteiger partial charge on any atom is -0.393 e. The maximum absolute atomic E-state index is 9.82. The van der Waals surface area contributed by atoms with Crippen LogP contribution in [0.25, 0.3) is 10.4 Å². The third-order valence-electron chi connectivity index (χ3n) is 3.26. The molecule has 3 atom stereocenters. The van der Waals surface area contributed by atoms with Crippen LogP contribution in [0.4, 0.5) is 0 Å². The standard InChI is InChI=1S/C13H17N3O2/c14-16-15-13-11(17)7-4-8-12(13)18-9-10-5-2-1-3-6-10/h1-3,5-6,11-13,17H,4,7-9H2/t11-,12-,13+/m0/s1. The van der Waals surface area contributed by atoms with Crippen LogP contribution in [-0.4, -0.2) is 23.4 Å². The molecule has 0 unspecified atom stereocenters. The predicted molar refractivity (Wildman–Crippen MR) is 67.8 cm³/mol. The fourth-order valence-electron chi connectivity index (χ4n) is 2.29. The molecule has 1 aliphatic rings. The zero-order valence-electron chi connectivity index (χ0n) is 10.1. The van der Waals surface area contributed by atoms with Crippen molar-refractivity contribution in [1.82, 2.24) is 0 Å². The quantitative estimate of drug-likeness (QED) is 0.504. The first-order chi connectivity index (χ1) is 8.81. The van der Waals surface area contributed by atoms with Crippen LogP contribution in [0.15, 0.2) is 35.4 Å². The van der Waals surface area contributed by atoms with Crippen molar-refractivity contribution in [1.29, 1.82) is 0 Å². The fourth-order valence-corrected chi connectivity index (χ4v) is 2.29. The number of ether oxygens (including phenoxy) is 1. The molecule has 1 N–H and O–H groups in total. The lowest BCUT2D eigenvalue weighted by Crippen LogP contribution is -2.41. The van der Waals surface area contributed by atoms with Crippen molar-refractivity contribution in [3.8, 4) is 0 Å². The Morgan fingerprint density at radius 1 is 1.33 bits per heavy atom. The van der Waals surface area contributed by atoms with Crippen molar-refractivity contribution in [3.05, 3.63) is 46.3 Å². The van der Waals surface area contributed by atoms with E-state index in [1.165, 1.54) is 0 Å². The highest BCUT2D eigenvalue weighted by Gasteiger charge is 2.32. The first-order valence-electron chi connectivity index (χ1n) is 6.19. The molecule has 18 heavy (non-hydrogen) atoms. The summed E-state index contributed by atoms with van der Waals surface area (Å²) >= 11 is 0. The highest BCUT2D eigenvalue weighted by molar-refractivity contribution is 5.13. The molecule has 0 aromatic heterocycles. The summed E-state index contributed by atoms with van der Waals surface area (Å²) in [6, 6.07) is 9.38. The van der Waals surface area contributed by atoms with Crippen molar-refractivity contribution >= 4 is 0 Å². The van der Waals surface area contributed by atoms with Gasteiger partial charge < -0.3 is 9.84 Å². The molecule has 0 saturated heterocycles. The average Bonchev–Trinajstić information content (AvgIpc) is 2.41. The van der Waals surface area contributed by atoms with E-state index in [-0.39, 0.29) is 6.10 Å². The number of benzene rings is 1. The number of aliphatic hydroxyl groups excluding tert-OH is 1. The summed E-state index contributed by atoms with van der Waals surface area (Å²) in [7, 11) is 0. The van der Waals surface area contributed by atoms with Crippen LogP contribution in [0.5, 0.6) is 0 Å². The summed E-state index contributed by atoms with van der Waals surface area (Å²) in [5.41, 5.74) is 9.61. The average molecular weight is 247 g/mol. The van der Waals surface area contributed by atoms with Crippen LogP contribution in [0, 0.1) is 0 Å². The molecule has 1 aromatic rings. The molecule has 0 heterocycles. The van der Waals surface area contributed by atoms with Gasteiger partial charge in [-0.3, -0.25) is 0 Å². The summed E-state index contributed by atoms with van der Waals surface area (Å²) in [4.78, 5) is 2.80. The highest BCUT2D eigenvalue weighted by Crippen LogP contribution is 2.25. The number of hydrogen-bond donors (Lipinski definition) is 1. The maximum atomic E-state index is 9.82. The molecule has 1 aromatic carbocycles. The number of nitrogens with zero attached hydrogens (tertiary/aromatic N) is 3. The van der Waals surface area contributed by atoms with E-state index in [9.17, 15) is 5.11 Å². The minimum absolute atomic E-state index is 0.190. The summed E-state index contributed by atoms with van der Waals surface area (Å²) in [6.45, 7) is 0.482. The Morgan fingerprint density at radius 2 is 2.11 bits per heavy atom. The second kappa shape index (κ2) is 6.40. The van der Waals surface area contributed by atoms with Gasteiger partial charge in [0.25, 0.3) is 0 Å². The second-order valence-corrected chi connectivity index (χ2v) is 4.53. The molecule has 0 radical (unpaired) electrons. The molecule has 0 bridgehead atoms. The largest absolute Gasteiger partial charge is 0.393 e. The third kappa shape index (κ3) is 3.23. The molecule has 1 aliphatic carbocycles. The number of azide groups is 1. The van der Waals surface area contributed by atoms with Gasteiger partial charge in [-0.05, 0) is 30.4 Å². The predicted octanol–water partition coefficient (Wildman–Crippen LogP) is 2.80. The second-order valence-electron chi connectivity index (χ2n) is 4.53. The zero-order chi connectivity index (χ0) is 12.8. The third-order valence-corrected chi connectivity index (χ3v) is 3.26. The van der Waals surface area contributed by atoms with E-state index in [1.54, 1.807) is 0 Å². The lowest BCUT2D eigenvalue weighted by atomic mass is 9.90. The van der Waals surface area contributed by atoms with Gasteiger partial charge >= 0.3 is 0 Å². The Morgan fingerprint density at radius 3 is 2.83 bits per heavy atom. The van der Waals surface area contributed by atoms with Gasteiger partial charge in [0.1, 0.15) is 0 Å². The van der Waals surface area contributed by atoms with Crippen molar-refractivity contribution in [2.75, 3.05) is 0 Å². The summed E-state index contributed by atoms with van der Waals surface area (Å²) in [6.07, 6.45) is 1.63. The molecule has 0 aliphatic heterocycles. The minimum atomic E-state index is -0.588. The maximum Gasteiger partial charge on any atom is 0.0895 e. The number of hydrogen-bond acceptors (Lipinski definition) is 3. The van der Waals surface area contributed by atoms with Crippen LogP contribution < -0.4 is 0 Å². The van der Waals surface area contributed by atoms with Gasteiger partial charge in [-0.2, -0.15) is 0 Å². The fraction of sp³-hybridized carbons (Fsp3) is 0.538. The zero-order valence-corrected chi connectivity index (χ0v) is 10.1. The SMILES string of the molecule is [N-]=[N+]=N[C@H]1[C@@H](OCc2ccccc2)CCC[C@@H]1O. The topological polar surface area (TPSA) is 78.2 Å². The van der Waals surface area contributed by atoms with Crippen molar-refractivity contribution in [2.24, 2.45) is 5.11 Å². The van der Waals surface area contributed by atoms with E-state index in [4.69, 9.17) is 10.3 Å². The summed E-state index contributed by atoms with van der Waals surface area (Å²) in [5.74, 6) is 0. The van der Waals surface area contributed by atoms with Gasteiger partial charge in [-0.25, -0.2) is 0 Å². The molecular formula is C13H17N3O2. The van der Waals surface area contributed by atoms with Crippen LogP contribution in [0.3, 0.4) is 0 Å². The lowest BCUT2D eigenvalue weighted by molar-refractivity contribution is -0.0393. The van der Waals surface area contributed by atoms with Gasteiger partial charge in [-0.15, -0.1) is 0 Å². The van der Waals surface area contributed by atoms with Crippen molar-refractivity contribution < 1.29 is 9.84 Å². The summed E-state index contributed by atoms with van der Waals surface area (Å²) < 4.78 is 5.78. The lowest BCUT2D eigenvalue weighted by Gasteiger charge is -2.32. The molecule has 1 saturated carbocycles. The monoisotopic (exact) mass is 247 g/mol. The Hall–Kier alpha value is -1.55. The van der Waals surface area contributed by atoms with Crippen molar-refractivity contribution in [3.63, 3.8) is 0 Å². The van der Waals surface area contributed by atoms with Gasteiger partial charge in [0.05, 0.1) is 24.9 Å². The molecular weight excluding hydrogens is 230 g/mol. The number of rotatable bonds is 4. The Kier molecular flexibility index (Phi) is 4.59. The first-order valence-corrected chi connectivity index (χ1v) is 6.19. The van der Waals surface area contributed by atoms with Gasteiger partial charge in [0, 0.05) is 4.91 Å². The number of aliphatic hydroxyl groups is 1. The Labute approximate surface area is 106 Å². The molecule has 0 amide bonds. The van der Waals surface area contributed by atoms with E-state index >= 15 is 0 Å². The Balaban J connectivity index is 1.96. The van der Waals surface area contributed by atoms with Crippen LogP contribution in [0.1, 0.15) is 24.8 Å². The van der Waals surface area contributed by atoms with E-state index < -0.39 is 12.1 Å². The normalized spacial score (nSPS) is 27.5. The van der Waals surface area contributed by atoms with Gasteiger partial charge in [0.15, 0.2) is 0 Å². The molecule has 96 valence electrons. The molecule has 1 fully saturated rings. The van der Waals surface area contributed by atoms with E-state index in [0.29, 0.717) is 13.0 Å². The molecule has 5 nitrogen and oxygen atoms in total. The van der Waals surface area contributed by atoms with E-state index in [1.807, 2.05) is 30.3 Å². The highest BCUT2D eigenvalue weighted by atomic mass is 16.5. The smallest absolute Gasteiger partial charge is 0.0895 e. The van der Waals surface area contributed by atoms with Crippen molar-refractivity contribution in [2.45, 2.75) is 44.1 Å². The molecule has 0 spiro atoms. The summed E-state index contributed by atoms with van der Waals surface area (Å²) in [5, 5.41) is 13.5. The molecule has 2 rings (SSSR count). The molecule has 5 heteroatoms. The van der Waals surface area contributed by atoms with E-state index in [2.05, 4.69) is 10.0 Å². The van der Waals surface area contributed by atoms with E-state index in [0.717, 1.165) is 18.4 Å². The van der Waals surface area contributed by atoms with Crippen LogP contribution in [0.2, 0.25) is 0 Å². The van der Waals surface area contributed by atoms with Crippen LogP contribution in [-0.2, 0) is 11.3 Å². The van der Waals surface area contributed by atoms with Gasteiger partial charge in [-0.1, -0.05) is 35.4 Å². The van der Waals surface area contributed by atoms with Crippen LogP contribution >= 0.6 is 0 Å². The van der Waals surface area contributed by atoms with Gasteiger partial charge in [0.2, 0.25) is 0 Å². The Bertz CT molecular complexity index is 418.